The van der Waals surface area contributed by atoms with Crippen molar-refractivity contribution in [2.45, 2.75) is 187 Å². The molecule has 0 atom stereocenters. The van der Waals surface area contributed by atoms with Gasteiger partial charge in [0, 0.05) is 49.0 Å². The van der Waals surface area contributed by atoms with Gasteiger partial charge in [0.05, 0.1) is 0 Å². The van der Waals surface area contributed by atoms with Crippen molar-refractivity contribution in [1.82, 2.24) is 0 Å². The number of benzene rings is 6. The summed E-state index contributed by atoms with van der Waals surface area (Å²) >= 11 is 0. The second-order valence-corrected chi connectivity index (χ2v) is 27.2. The van der Waals surface area contributed by atoms with Crippen LogP contribution in [0.15, 0.2) is 95.4 Å². The van der Waals surface area contributed by atoms with Crippen LogP contribution in [0.2, 0.25) is 0 Å². The molecule has 1 aromatic heterocycles. The highest BCUT2D eigenvalue weighted by molar-refractivity contribution is 7.00. The Morgan fingerprint density at radius 3 is 1.39 bits per heavy atom. The molecular weight excluding hydrogens is 836 g/mol. The lowest BCUT2D eigenvalue weighted by atomic mass is 9.32. The smallest absolute Gasteiger partial charge is 0.252 e. The Labute approximate surface area is 418 Å². The largest absolute Gasteiger partial charge is 0.456 e. The van der Waals surface area contributed by atoms with Gasteiger partial charge in [-0.2, -0.15) is 0 Å². The molecule has 3 heterocycles. The van der Waals surface area contributed by atoms with E-state index < -0.39 is 6.85 Å². The quantitative estimate of drug-likeness (QED) is 0.161. The first-order valence-electron chi connectivity index (χ1n) is 27.7. The molecule has 7 aromatic rings. The van der Waals surface area contributed by atoms with Crippen LogP contribution >= 0.6 is 0 Å². The number of furan rings is 1. The summed E-state index contributed by atoms with van der Waals surface area (Å²) in [6.45, 7) is 33.3. The van der Waals surface area contributed by atoms with E-state index in [0.29, 0.717) is 5.56 Å². The SMILES string of the molecule is [2H]C([2H])([2H])c1cc2c3c(c1)N(c1ccc4oc5cc(C(C)(C)C)ccc5c4c1)c1cc4c(cc1B3c1cc3c(cc1N2c1ccc2c(c1)C(C)(C)CCC2(C)C)C(C)(C)CCC3(C)C)C(C)(C)CCC4(C)C. The van der Waals surface area contributed by atoms with E-state index in [1.165, 1.54) is 49.9 Å². The highest BCUT2D eigenvalue weighted by Crippen LogP contribution is 2.54. The lowest BCUT2D eigenvalue weighted by Crippen LogP contribution is -2.62. The average molecular weight is 914 g/mol. The fraction of sp³-hybridized carbons (Fsp3) is 0.446. The van der Waals surface area contributed by atoms with Crippen LogP contribution in [0.3, 0.4) is 0 Å². The maximum Gasteiger partial charge on any atom is 0.252 e. The number of fused-ring (bicyclic) bond motifs is 10. The van der Waals surface area contributed by atoms with Crippen molar-refractivity contribution in [2.24, 2.45) is 0 Å². The fourth-order valence-electron chi connectivity index (χ4n) is 13.8. The Bertz CT molecular complexity index is 3480. The van der Waals surface area contributed by atoms with E-state index in [4.69, 9.17) is 4.42 Å². The highest BCUT2D eigenvalue weighted by atomic mass is 16.3. The zero-order chi connectivity index (χ0) is 51.4. The van der Waals surface area contributed by atoms with Gasteiger partial charge in [0.25, 0.3) is 6.71 Å². The lowest BCUT2D eigenvalue weighted by Gasteiger charge is -2.49. The Morgan fingerprint density at radius 1 is 0.449 bits per heavy atom. The van der Waals surface area contributed by atoms with E-state index in [0.717, 1.165) is 100 Å². The summed E-state index contributed by atoms with van der Waals surface area (Å²) in [5.41, 5.74) is 21.6. The molecule has 0 unspecified atom stereocenters. The summed E-state index contributed by atoms with van der Waals surface area (Å²) in [5, 5.41) is 2.13. The minimum atomic E-state index is -2.37. The molecule has 0 N–H and O–H groups in total. The summed E-state index contributed by atoms with van der Waals surface area (Å²) in [6, 6.07) is 34.9. The van der Waals surface area contributed by atoms with Gasteiger partial charge in [0.15, 0.2) is 0 Å². The van der Waals surface area contributed by atoms with E-state index in [2.05, 4.69) is 193 Å². The van der Waals surface area contributed by atoms with Crippen LogP contribution < -0.4 is 26.2 Å². The standard InChI is InChI=1S/C65H75BN2O/c1-38-29-54-58-55(30-38)68(41-18-21-44-45(33-41)61(7,8)24-23-60(44,5)6)53-37-49-47(63(11,12)26-28-65(49,15)16)35-51(53)66(58)50-34-46-48(64(13,14)27-25-62(46,9)10)36-52(50)67(54)40-19-22-56-43(32-40)42-20-17-39(59(2,3)4)31-57(42)69-56/h17-22,29-37H,23-28H2,1-16H3/i1D3. The molecule has 0 spiro atoms. The number of hydrogen-bond donors (Lipinski definition) is 0. The van der Waals surface area contributed by atoms with Crippen molar-refractivity contribution in [3.63, 3.8) is 0 Å². The molecule has 2 aliphatic heterocycles. The fourth-order valence-corrected chi connectivity index (χ4v) is 13.8. The van der Waals surface area contributed by atoms with Crippen LogP contribution in [0, 0.1) is 6.85 Å². The zero-order valence-corrected chi connectivity index (χ0v) is 44.3. The second-order valence-electron chi connectivity index (χ2n) is 27.2. The van der Waals surface area contributed by atoms with Gasteiger partial charge in [-0.1, -0.05) is 134 Å². The van der Waals surface area contributed by atoms with Crippen molar-refractivity contribution in [3.8, 4) is 0 Å². The Hall–Kier alpha value is -5.22. The van der Waals surface area contributed by atoms with Crippen molar-refractivity contribution in [2.75, 3.05) is 9.80 Å². The summed E-state index contributed by atoms with van der Waals surface area (Å²) in [7, 11) is 0. The second kappa shape index (κ2) is 14.0. The summed E-state index contributed by atoms with van der Waals surface area (Å²) < 4.78 is 34.4. The van der Waals surface area contributed by atoms with E-state index in [1.807, 2.05) is 12.1 Å². The number of rotatable bonds is 2. The maximum absolute atomic E-state index is 9.24. The first kappa shape index (κ1) is 41.6. The molecule has 69 heavy (non-hydrogen) atoms. The number of aryl methyl sites for hydroxylation is 1. The van der Waals surface area contributed by atoms with Gasteiger partial charge in [-0.15, -0.1) is 0 Å². The van der Waals surface area contributed by atoms with Gasteiger partial charge in [0.1, 0.15) is 11.2 Å². The summed E-state index contributed by atoms with van der Waals surface area (Å²) in [4.78, 5) is 4.93. The molecule has 0 amide bonds. The molecule has 12 rings (SSSR count). The molecule has 354 valence electrons. The van der Waals surface area contributed by atoms with E-state index >= 15 is 0 Å². The molecule has 5 aliphatic rings. The van der Waals surface area contributed by atoms with Gasteiger partial charge in [-0.25, -0.2) is 0 Å². The van der Waals surface area contributed by atoms with E-state index in [1.54, 1.807) is 0 Å². The van der Waals surface area contributed by atoms with Crippen LogP contribution in [0.4, 0.5) is 34.1 Å². The van der Waals surface area contributed by atoms with Gasteiger partial charge in [-0.05, 0) is 205 Å². The summed E-state index contributed by atoms with van der Waals surface area (Å²) in [5.74, 6) is 0. The molecule has 3 aliphatic carbocycles. The molecule has 4 heteroatoms. The Balaban J connectivity index is 1.22. The van der Waals surface area contributed by atoms with Crippen LogP contribution in [0.5, 0.6) is 0 Å². The topological polar surface area (TPSA) is 19.6 Å². The molecule has 6 aromatic carbocycles. The third kappa shape index (κ3) is 6.51. The highest BCUT2D eigenvalue weighted by Gasteiger charge is 2.49. The van der Waals surface area contributed by atoms with Crippen molar-refractivity contribution in [1.29, 1.82) is 0 Å². The molecular formula is C65H75BN2O. The van der Waals surface area contributed by atoms with Gasteiger partial charge >= 0.3 is 0 Å². The van der Waals surface area contributed by atoms with Crippen LogP contribution in [0.1, 0.15) is 191 Å². The molecule has 3 nitrogen and oxygen atoms in total. The third-order valence-electron chi connectivity index (χ3n) is 18.7. The lowest BCUT2D eigenvalue weighted by molar-refractivity contribution is 0.332. The minimum Gasteiger partial charge on any atom is -0.456 e. The first-order valence-corrected chi connectivity index (χ1v) is 26.2. The van der Waals surface area contributed by atoms with Crippen molar-refractivity contribution < 1.29 is 8.53 Å². The molecule has 0 saturated heterocycles. The molecule has 0 bridgehead atoms. The Kier molecular flexibility index (Phi) is 8.44. The minimum absolute atomic E-state index is 0.0234. The van der Waals surface area contributed by atoms with Crippen LogP contribution in [0.25, 0.3) is 21.9 Å². The van der Waals surface area contributed by atoms with Gasteiger partial charge in [0.2, 0.25) is 0 Å². The van der Waals surface area contributed by atoms with Gasteiger partial charge in [-0.3, -0.25) is 0 Å². The van der Waals surface area contributed by atoms with Gasteiger partial charge < -0.3 is 14.2 Å². The van der Waals surface area contributed by atoms with Crippen LogP contribution in [-0.2, 0) is 37.9 Å². The number of anilines is 6. The normalized spacial score (nSPS) is 21.6. The van der Waals surface area contributed by atoms with E-state index in [-0.39, 0.29) is 44.6 Å². The predicted octanol–water partition coefficient (Wildman–Crippen LogP) is 16.3. The van der Waals surface area contributed by atoms with Crippen molar-refractivity contribution in [3.05, 3.63) is 136 Å². The monoisotopic (exact) mass is 914 g/mol. The van der Waals surface area contributed by atoms with E-state index in [9.17, 15) is 4.11 Å². The van der Waals surface area contributed by atoms with Crippen molar-refractivity contribution >= 4 is 79.2 Å². The molecule has 0 fully saturated rings. The average Bonchev–Trinajstić information content (AvgIpc) is 3.67. The molecule has 0 radical (unpaired) electrons. The third-order valence-corrected chi connectivity index (χ3v) is 18.7. The Morgan fingerprint density at radius 2 is 0.899 bits per heavy atom. The predicted molar refractivity (Wildman–Crippen MR) is 297 cm³/mol. The first-order chi connectivity index (χ1) is 33.4. The summed E-state index contributed by atoms with van der Waals surface area (Å²) in [6.07, 6.45) is 6.65. The zero-order valence-electron chi connectivity index (χ0n) is 47.3. The molecule has 0 saturated carbocycles. The van der Waals surface area contributed by atoms with Crippen LogP contribution in [-0.4, -0.2) is 6.71 Å². The number of nitrogens with zero attached hydrogens (tertiary/aromatic N) is 2. The maximum atomic E-state index is 9.24. The number of hydrogen-bond acceptors (Lipinski definition) is 3.